The van der Waals surface area contributed by atoms with E-state index >= 15 is 0 Å². The van der Waals surface area contributed by atoms with Crippen molar-refractivity contribution in [2.75, 3.05) is 6.54 Å². The number of carbonyl (C=O) groups is 1. The highest BCUT2D eigenvalue weighted by Gasteiger charge is 2.10. The molecule has 0 bridgehead atoms. The van der Waals surface area contributed by atoms with Crippen LogP contribution in [0, 0.1) is 17.1 Å². The molecule has 1 amide bonds. The van der Waals surface area contributed by atoms with E-state index in [0.717, 1.165) is 18.2 Å². The van der Waals surface area contributed by atoms with Gasteiger partial charge in [0.25, 0.3) is 5.91 Å². The molecule has 0 radical (unpaired) electrons. The van der Waals surface area contributed by atoms with E-state index in [0.29, 0.717) is 0 Å². The first-order valence-electron chi connectivity index (χ1n) is 3.79. The maximum atomic E-state index is 12.7. The fourth-order valence-corrected chi connectivity index (χ4v) is 0.905. The van der Waals surface area contributed by atoms with E-state index < -0.39 is 11.7 Å². The molecule has 1 rings (SSSR count). The third-order valence-electron chi connectivity index (χ3n) is 1.53. The van der Waals surface area contributed by atoms with Crippen molar-refractivity contribution in [2.45, 2.75) is 0 Å². The molecule has 0 fully saturated rings. The minimum Gasteiger partial charge on any atom is -0.507 e. The second kappa shape index (κ2) is 4.23. The molecule has 5 heteroatoms. The average molecular weight is 194 g/mol. The second-order valence-electron chi connectivity index (χ2n) is 2.50. The van der Waals surface area contributed by atoms with Gasteiger partial charge in [-0.2, -0.15) is 5.26 Å². The van der Waals surface area contributed by atoms with Crippen LogP contribution in [0.1, 0.15) is 10.4 Å². The standard InChI is InChI=1S/C9H7FN2O2/c10-6-1-2-8(13)7(5-6)9(14)12-4-3-11/h1-2,5,13H,4H2,(H,12,14). The Balaban J connectivity index is 2.90. The number of hydrogen-bond acceptors (Lipinski definition) is 3. The van der Waals surface area contributed by atoms with Crippen LogP contribution in [0.2, 0.25) is 0 Å². The number of benzene rings is 1. The number of phenols is 1. The van der Waals surface area contributed by atoms with Crippen molar-refractivity contribution in [2.24, 2.45) is 0 Å². The number of halogens is 1. The number of amides is 1. The molecule has 4 nitrogen and oxygen atoms in total. The number of aromatic hydroxyl groups is 1. The van der Waals surface area contributed by atoms with Gasteiger partial charge in [0.2, 0.25) is 0 Å². The summed E-state index contributed by atoms with van der Waals surface area (Å²) in [5, 5.41) is 19.6. The minimum atomic E-state index is -0.677. The Morgan fingerprint density at radius 1 is 1.64 bits per heavy atom. The first kappa shape index (κ1) is 9.99. The molecule has 0 unspecified atom stereocenters. The van der Waals surface area contributed by atoms with Crippen LogP contribution in [0.25, 0.3) is 0 Å². The Bertz CT molecular complexity index is 398. The molecule has 0 heterocycles. The van der Waals surface area contributed by atoms with Crippen molar-refractivity contribution < 1.29 is 14.3 Å². The first-order chi connectivity index (χ1) is 6.65. The van der Waals surface area contributed by atoms with E-state index in [9.17, 15) is 14.3 Å². The Hall–Kier alpha value is -2.09. The second-order valence-corrected chi connectivity index (χ2v) is 2.50. The summed E-state index contributed by atoms with van der Waals surface area (Å²) in [4.78, 5) is 11.2. The van der Waals surface area contributed by atoms with Gasteiger partial charge < -0.3 is 10.4 Å². The SMILES string of the molecule is N#CCNC(=O)c1cc(F)ccc1O. The van der Waals surface area contributed by atoms with Crippen LogP contribution in [-0.2, 0) is 0 Å². The summed E-state index contributed by atoms with van der Waals surface area (Å²) in [5.74, 6) is -1.62. The number of rotatable bonds is 2. The molecule has 1 aromatic rings. The highest BCUT2D eigenvalue weighted by Crippen LogP contribution is 2.17. The van der Waals surface area contributed by atoms with E-state index in [1.807, 2.05) is 0 Å². The summed E-state index contributed by atoms with van der Waals surface area (Å²) in [6.45, 7) is -0.186. The molecule has 0 aromatic heterocycles. The molecule has 0 saturated carbocycles. The lowest BCUT2D eigenvalue weighted by Gasteiger charge is -2.03. The maximum absolute atomic E-state index is 12.7. The molecule has 0 atom stereocenters. The predicted octanol–water partition coefficient (Wildman–Crippen LogP) is 0.785. The molecule has 0 aliphatic rings. The van der Waals surface area contributed by atoms with Gasteiger partial charge in [-0.1, -0.05) is 0 Å². The molecular formula is C9H7FN2O2. The lowest BCUT2D eigenvalue weighted by molar-refractivity contribution is 0.0955. The summed E-state index contributed by atoms with van der Waals surface area (Å²) >= 11 is 0. The Morgan fingerprint density at radius 2 is 2.36 bits per heavy atom. The van der Waals surface area contributed by atoms with Crippen molar-refractivity contribution in [3.63, 3.8) is 0 Å². The summed E-state index contributed by atoms with van der Waals surface area (Å²) in [5.41, 5.74) is -0.180. The van der Waals surface area contributed by atoms with Crippen LogP contribution in [-0.4, -0.2) is 17.6 Å². The van der Waals surface area contributed by atoms with E-state index in [1.165, 1.54) is 0 Å². The van der Waals surface area contributed by atoms with E-state index in [2.05, 4.69) is 5.32 Å². The number of nitrogens with one attached hydrogen (secondary N) is 1. The van der Waals surface area contributed by atoms with Crippen molar-refractivity contribution in [3.8, 4) is 11.8 Å². The highest BCUT2D eigenvalue weighted by atomic mass is 19.1. The van der Waals surface area contributed by atoms with Crippen molar-refractivity contribution in [1.29, 1.82) is 5.26 Å². The summed E-state index contributed by atoms with van der Waals surface area (Å²) in [6, 6.07) is 4.72. The molecule has 1 aromatic carbocycles. The van der Waals surface area contributed by atoms with Crippen LogP contribution >= 0.6 is 0 Å². The molecule has 72 valence electrons. The van der Waals surface area contributed by atoms with Crippen molar-refractivity contribution in [1.82, 2.24) is 5.32 Å². The molecule has 14 heavy (non-hydrogen) atoms. The number of phenolic OH excluding ortho intramolecular Hbond substituents is 1. The molecular weight excluding hydrogens is 187 g/mol. The zero-order valence-corrected chi connectivity index (χ0v) is 7.12. The number of nitrogens with zero attached hydrogens (tertiary/aromatic N) is 1. The fraction of sp³-hybridized carbons (Fsp3) is 0.111. The Morgan fingerprint density at radius 3 is 3.00 bits per heavy atom. The average Bonchev–Trinajstić information content (AvgIpc) is 2.18. The molecule has 0 saturated heterocycles. The monoisotopic (exact) mass is 194 g/mol. The van der Waals surface area contributed by atoms with Gasteiger partial charge in [-0.15, -0.1) is 0 Å². The topological polar surface area (TPSA) is 73.1 Å². The van der Waals surface area contributed by atoms with Gasteiger partial charge in [0.1, 0.15) is 18.1 Å². The minimum absolute atomic E-state index is 0.180. The van der Waals surface area contributed by atoms with Gasteiger partial charge in [0.05, 0.1) is 11.6 Å². The third-order valence-corrected chi connectivity index (χ3v) is 1.53. The van der Waals surface area contributed by atoms with E-state index in [1.54, 1.807) is 6.07 Å². The largest absolute Gasteiger partial charge is 0.507 e. The third kappa shape index (κ3) is 2.20. The molecule has 0 aliphatic heterocycles. The van der Waals surface area contributed by atoms with E-state index in [-0.39, 0.29) is 17.9 Å². The predicted molar refractivity (Wildman–Crippen MR) is 46.0 cm³/mol. The van der Waals surface area contributed by atoms with Gasteiger partial charge in [0.15, 0.2) is 0 Å². The van der Waals surface area contributed by atoms with Gasteiger partial charge in [-0.25, -0.2) is 4.39 Å². The van der Waals surface area contributed by atoms with Crippen molar-refractivity contribution >= 4 is 5.91 Å². The van der Waals surface area contributed by atoms with Gasteiger partial charge in [-0.05, 0) is 18.2 Å². The van der Waals surface area contributed by atoms with Crippen LogP contribution in [0.3, 0.4) is 0 Å². The molecule has 2 N–H and O–H groups in total. The molecule has 0 spiro atoms. The number of nitriles is 1. The van der Waals surface area contributed by atoms with E-state index in [4.69, 9.17) is 5.26 Å². The lowest BCUT2D eigenvalue weighted by atomic mass is 10.2. The van der Waals surface area contributed by atoms with Gasteiger partial charge >= 0.3 is 0 Å². The van der Waals surface area contributed by atoms with Crippen LogP contribution in [0.4, 0.5) is 4.39 Å². The quantitative estimate of drug-likeness (QED) is 0.683. The lowest BCUT2D eigenvalue weighted by Crippen LogP contribution is -2.23. The first-order valence-corrected chi connectivity index (χ1v) is 3.79. The number of hydrogen-bond donors (Lipinski definition) is 2. The smallest absolute Gasteiger partial charge is 0.255 e. The normalized spacial score (nSPS) is 9.14. The Kier molecular flexibility index (Phi) is 3.02. The van der Waals surface area contributed by atoms with Crippen LogP contribution < -0.4 is 5.32 Å². The molecule has 0 aliphatic carbocycles. The Labute approximate surface area is 79.6 Å². The van der Waals surface area contributed by atoms with Gasteiger partial charge in [0, 0.05) is 0 Å². The van der Waals surface area contributed by atoms with Crippen LogP contribution in [0.15, 0.2) is 18.2 Å². The summed E-state index contributed by atoms with van der Waals surface area (Å²) < 4.78 is 12.7. The fourth-order valence-electron chi connectivity index (χ4n) is 0.905. The zero-order valence-electron chi connectivity index (χ0n) is 7.12. The summed E-state index contributed by atoms with van der Waals surface area (Å²) in [6.07, 6.45) is 0. The summed E-state index contributed by atoms with van der Waals surface area (Å²) in [7, 11) is 0. The van der Waals surface area contributed by atoms with Gasteiger partial charge in [-0.3, -0.25) is 4.79 Å². The van der Waals surface area contributed by atoms with Crippen LogP contribution in [0.5, 0.6) is 5.75 Å². The van der Waals surface area contributed by atoms with Crippen molar-refractivity contribution in [3.05, 3.63) is 29.6 Å². The highest BCUT2D eigenvalue weighted by molar-refractivity contribution is 5.96. The zero-order chi connectivity index (χ0) is 10.6. The number of carbonyl (C=O) groups excluding carboxylic acids is 1. The maximum Gasteiger partial charge on any atom is 0.255 e.